The first kappa shape index (κ1) is 22.9. The van der Waals surface area contributed by atoms with E-state index in [1.807, 2.05) is 0 Å². The minimum Gasteiger partial charge on any atom is -0.393 e. The van der Waals surface area contributed by atoms with Gasteiger partial charge in [0, 0.05) is 44.8 Å². The Kier molecular flexibility index (Phi) is 11.3. The summed E-state index contributed by atoms with van der Waals surface area (Å²) in [7, 11) is 0. The number of halogens is 1. The fraction of sp³-hybridized carbons (Fsp3) is 0.944. The molecule has 1 unspecified atom stereocenters. The van der Waals surface area contributed by atoms with E-state index in [4.69, 9.17) is 4.99 Å². The first-order valence-electron chi connectivity index (χ1n) is 9.81. The molecule has 0 radical (unpaired) electrons. The van der Waals surface area contributed by atoms with Gasteiger partial charge in [-0.2, -0.15) is 0 Å². The topological polar surface area (TPSA) is 63.1 Å². The number of guanidine groups is 1. The van der Waals surface area contributed by atoms with Crippen molar-refractivity contribution in [1.82, 2.24) is 20.4 Å². The summed E-state index contributed by atoms with van der Waals surface area (Å²) in [6.07, 6.45) is 3.74. The Morgan fingerprint density at radius 1 is 1.12 bits per heavy atom. The van der Waals surface area contributed by atoms with E-state index in [0.717, 1.165) is 64.4 Å². The van der Waals surface area contributed by atoms with E-state index < -0.39 is 0 Å². The maximum atomic E-state index is 9.64. The van der Waals surface area contributed by atoms with Crippen molar-refractivity contribution >= 4 is 29.9 Å². The summed E-state index contributed by atoms with van der Waals surface area (Å²) in [6.45, 7) is 14.1. The van der Waals surface area contributed by atoms with Crippen LogP contribution < -0.4 is 10.6 Å². The van der Waals surface area contributed by atoms with E-state index in [9.17, 15) is 5.11 Å². The van der Waals surface area contributed by atoms with Gasteiger partial charge in [0.2, 0.25) is 0 Å². The number of hydrogen-bond donors (Lipinski definition) is 3. The largest absolute Gasteiger partial charge is 0.393 e. The monoisotopic (exact) mass is 467 g/mol. The van der Waals surface area contributed by atoms with Crippen LogP contribution in [0.2, 0.25) is 0 Å². The van der Waals surface area contributed by atoms with Crippen LogP contribution in [0.4, 0.5) is 0 Å². The highest BCUT2D eigenvalue weighted by atomic mass is 127. The summed E-state index contributed by atoms with van der Waals surface area (Å²) in [5, 5.41) is 16.6. The Hall–Kier alpha value is -0.120. The molecule has 25 heavy (non-hydrogen) atoms. The first-order chi connectivity index (χ1) is 11.6. The van der Waals surface area contributed by atoms with Gasteiger partial charge in [0.05, 0.1) is 12.6 Å². The summed E-state index contributed by atoms with van der Waals surface area (Å²) in [5.74, 6) is 0.929. The number of aliphatic hydroxyl groups is 1. The number of nitrogens with one attached hydrogen (secondary N) is 2. The average molecular weight is 467 g/mol. The first-order valence-corrected chi connectivity index (χ1v) is 9.81. The van der Waals surface area contributed by atoms with Crippen LogP contribution in [0, 0.1) is 0 Å². The van der Waals surface area contributed by atoms with Gasteiger partial charge >= 0.3 is 0 Å². The van der Waals surface area contributed by atoms with E-state index in [-0.39, 0.29) is 30.1 Å². The predicted octanol–water partition coefficient (Wildman–Crippen LogP) is 1.49. The summed E-state index contributed by atoms with van der Waals surface area (Å²) in [4.78, 5) is 9.88. The van der Waals surface area contributed by atoms with Gasteiger partial charge in [-0.1, -0.05) is 6.92 Å². The molecule has 148 valence electrons. The van der Waals surface area contributed by atoms with Crippen molar-refractivity contribution in [2.75, 3.05) is 45.8 Å². The Morgan fingerprint density at radius 2 is 1.76 bits per heavy atom. The van der Waals surface area contributed by atoms with Gasteiger partial charge in [-0.25, -0.2) is 0 Å². The predicted molar refractivity (Wildman–Crippen MR) is 116 cm³/mol. The molecule has 6 nitrogen and oxygen atoms in total. The molecule has 1 heterocycles. The van der Waals surface area contributed by atoms with Crippen LogP contribution in [0.3, 0.4) is 0 Å². The van der Waals surface area contributed by atoms with E-state index in [2.05, 4.69) is 41.2 Å². The second-order valence-corrected chi connectivity index (χ2v) is 7.19. The molecule has 1 aliphatic heterocycles. The molecule has 2 rings (SSSR count). The van der Waals surface area contributed by atoms with Crippen molar-refractivity contribution in [2.24, 2.45) is 4.99 Å². The fourth-order valence-corrected chi connectivity index (χ4v) is 3.59. The third-order valence-corrected chi connectivity index (χ3v) is 5.37. The number of rotatable bonds is 6. The molecule has 0 aromatic heterocycles. The van der Waals surface area contributed by atoms with Gasteiger partial charge in [0.25, 0.3) is 0 Å². The minimum atomic E-state index is -0.107. The van der Waals surface area contributed by atoms with Crippen LogP contribution in [0.5, 0.6) is 0 Å². The summed E-state index contributed by atoms with van der Waals surface area (Å²) < 4.78 is 0. The van der Waals surface area contributed by atoms with Gasteiger partial charge in [0.1, 0.15) is 0 Å². The quantitative estimate of drug-likeness (QED) is 0.314. The maximum Gasteiger partial charge on any atom is 0.191 e. The van der Waals surface area contributed by atoms with E-state index in [1.165, 1.54) is 13.1 Å². The van der Waals surface area contributed by atoms with Gasteiger partial charge < -0.3 is 20.6 Å². The Morgan fingerprint density at radius 3 is 2.32 bits per heavy atom. The molecule has 0 amide bonds. The number of aliphatic imine (C=N–C) groups is 1. The molecular weight excluding hydrogens is 429 g/mol. The third-order valence-electron chi connectivity index (χ3n) is 5.37. The average Bonchev–Trinajstić information content (AvgIpc) is 2.61. The van der Waals surface area contributed by atoms with Crippen LogP contribution in [0.1, 0.15) is 46.5 Å². The molecule has 0 aromatic rings. The molecule has 0 bridgehead atoms. The van der Waals surface area contributed by atoms with Crippen molar-refractivity contribution in [3.05, 3.63) is 0 Å². The second kappa shape index (κ2) is 12.3. The van der Waals surface area contributed by atoms with Gasteiger partial charge in [0.15, 0.2) is 5.96 Å². The maximum absolute atomic E-state index is 9.64. The lowest BCUT2D eigenvalue weighted by molar-refractivity contribution is 0.109. The zero-order chi connectivity index (χ0) is 17.4. The van der Waals surface area contributed by atoms with Crippen LogP contribution in [0.15, 0.2) is 4.99 Å². The Labute approximate surface area is 170 Å². The number of hydrogen-bond acceptors (Lipinski definition) is 4. The number of likely N-dealkylation sites (N-methyl/N-ethyl adjacent to an activating group) is 1. The highest BCUT2D eigenvalue weighted by Crippen LogP contribution is 2.18. The summed E-state index contributed by atoms with van der Waals surface area (Å²) >= 11 is 0. The van der Waals surface area contributed by atoms with Gasteiger partial charge in [-0.05, 0) is 46.1 Å². The minimum absolute atomic E-state index is 0. The van der Waals surface area contributed by atoms with Crippen molar-refractivity contribution < 1.29 is 5.11 Å². The van der Waals surface area contributed by atoms with E-state index >= 15 is 0 Å². The SMILES string of the molecule is CCNC(=NCC(C)N1CCN(CC)CC1)NC1CCC(O)CC1.I. The van der Waals surface area contributed by atoms with E-state index in [1.54, 1.807) is 0 Å². The highest BCUT2D eigenvalue weighted by Gasteiger charge is 2.21. The van der Waals surface area contributed by atoms with Crippen LogP contribution in [-0.4, -0.2) is 84.9 Å². The lowest BCUT2D eigenvalue weighted by atomic mass is 9.93. The van der Waals surface area contributed by atoms with Crippen molar-refractivity contribution in [1.29, 1.82) is 0 Å². The molecule has 3 N–H and O–H groups in total. The number of nitrogens with zero attached hydrogens (tertiary/aromatic N) is 3. The zero-order valence-electron chi connectivity index (χ0n) is 16.2. The zero-order valence-corrected chi connectivity index (χ0v) is 18.5. The van der Waals surface area contributed by atoms with Gasteiger partial charge in [-0.3, -0.25) is 9.89 Å². The van der Waals surface area contributed by atoms with Crippen molar-refractivity contribution in [2.45, 2.75) is 64.6 Å². The number of piperazine rings is 1. The van der Waals surface area contributed by atoms with Gasteiger partial charge in [-0.15, -0.1) is 24.0 Å². The third kappa shape index (κ3) is 7.97. The lowest BCUT2D eigenvalue weighted by Crippen LogP contribution is -2.50. The summed E-state index contributed by atoms with van der Waals surface area (Å²) in [5.41, 5.74) is 0. The molecule has 1 saturated heterocycles. The molecule has 1 saturated carbocycles. The fourth-order valence-electron chi connectivity index (χ4n) is 3.59. The van der Waals surface area contributed by atoms with Crippen LogP contribution in [-0.2, 0) is 0 Å². The normalized spacial score (nSPS) is 27.4. The Balaban J connectivity index is 0.00000312. The lowest BCUT2D eigenvalue weighted by Gasteiger charge is -2.37. The Bertz CT molecular complexity index is 380. The van der Waals surface area contributed by atoms with E-state index in [0.29, 0.717) is 12.1 Å². The molecule has 2 fully saturated rings. The van der Waals surface area contributed by atoms with Crippen LogP contribution in [0.25, 0.3) is 0 Å². The number of aliphatic hydroxyl groups excluding tert-OH is 1. The molecule has 7 heteroatoms. The van der Waals surface area contributed by atoms with Crippen molar-refractivity contribution in [3.63, 3.8) is 0 Å². The molecule has 2 aliphatic rings. The van der Waals surface area contributed by atoms with Crippen LogP contribution >= 0.6 is 24.0 Å². The highest BCUT2D eigenvalue weighted by molar-refractivity contribution is 14.0. The summed E-state index contributed by atoms with van der Waals surface area (Å²) in [6, 6.07) is 0.919. The molecule has 1 aliphatic carbocycles. The standard InChI is InChI=1S/C18H37N5O.HI/c1-4-19-18(21-16-6-8-17(24)9-7-16)20-14-15(3)23-12-10-22(5-2)11-13-23;/h15-17,24H,4-14H2,1-3H3,(H2,19,20,21);1H. The molecule has 1 atom stereocenters. The molecular formula is C18H38IN5O. The second-order valence-electron chi connectivity index (χ2n) is 7.19. The molecule has 0 spiro atoms. The molecule has 0 aromatic carbocycles. The smallest absolute Gasteiger partial charge is 0.191 e. The van der Waals surface area contributed by atoms with Crippen molar-refractivity contribution in [3.8, 4) is 0 Å².